The summed E-state index contributed by atoms with van der Waals surface area (Å²) in [6.45, 7) is 27.0. The molecule has 376 valence electrons. The van der Waals surface area contributed by atoms with E-state index in [0.717, 1.165) is 70.5 Å². The Labute approximate surface area is 422 Å². The molecule has 0 saturated heterocycles. The summed E-state index contributed by atoms with van der Waals surface area (Å²) in [4.78, 5) is 30.6. The number of carbonyl (C=O) groups is 2. The zero-order chi connectivity index (χ0) is 50.8. The number of rotatable bonds is 12. The van der Waals surface area contributed by atoms with Gasteiger partial charge in [0.25, 0.3) is 0 Å². The monoisotopic (exact) mass is 983 g/mol. The van der Waals surface area contributed by atoms with E-state index in [0.29, 0.717) is 25.7 Å². The Bertz CT molecular complexity index is 2290. The molecule has 0 saturated carbocycles. The van der Waals surface area contributed by atoms with Crippen LogP contribution in [-0.2, 0) is 18.4 Å². The second kappa shape index (κ2) is 21.7. The highest BCUT2D eigenvalue weighted by Gasteiger charge is 2.49. The molecule has 8 atom stereocenters. The zero-order valence-corrected chi connectivity index (χ0v) is 46.2. The van der Waals surface area contributed by atoms with E-state index < -0.39 is 28.8 Å². The second-order valence-corrected chi connectivity index (χ2v) is 32.9. The zero-order valence-electron chi connectivity index (χ0n) is 44.2. The lowest BCUT2D eigenvalue weighted by Crippen LogP contribution is -2.51. The maximum absolute atomic E-state index is 13.0. The molecule has 2 aliphatic heterocycles. The van der Waals surface area contributed by atoms with E-state index in [1.54, 1.807) is 0 Å². The fourth-order valence-corrected chi connectivity index (χ4v) is 12.9. The van der Waals surface area contributed by atoms with Crippen molar-refractivity contribution >= 4 is 28.2 Å². The van der Waals surface area contributed by atoms with Crippen LogP contribution >= 0.6 is 0 Å². The van der Waals surface area contributed by atoms with Crippen molar-refractivity contribution < 1.29 is 28.7 Å². The van der Waals surface area contributed by atoms with Gasteiger partial charge in [0.1, 0.15) is 0 Å². The topological polar surface area (TPSA) is 99.5 Å². The first-order valence-electron chi connectivity index (χ1n) is 26.0. The third-order valence-corrected chi connectivity index (χ3v) is 25.5. The quantitative estimate of drug-likeness (QED) is 0.135. The third kappa shape index (κ3) is 11.4. The Hall–Kier alpha value is -4.43. The summed E-state index contributed by atoms with van der Waals surface area (Å²) in [5.41, 5.74) is 8.39. The van der Waals surface area contributed by atoms with E-state index in [1.807, 2.05) is 24.3 Å². The predicted molar refractivity (Wildman–Crippen MR) is 289 cm³/mol. The molecule has 0 unspecified atom stereocenters. The molecule has 4 aliphatic rings. The molecule has 8 rings (SSSR count). The Morgan fingerprint density at radius 3 is 1.06 bits per heavy atom. The van der Waals surface area contributed by atoms with Crippen molar-refractivity contribution in [2.45, 2.75) is 192 Å². The molecule has 0 radical (unpaired) electrons. The van der Waals surface area contributed by atoms with Gasteiger partial charge in [-0.3, -0.25) is 9.59 Å². The van der Waals surface area contributed by atoms with Gasteiger partial charge in [-0.05, 0) is 98.0 Å². The molecule has 0 bridgehead atoms. The van der Waals surface area contributed by atoms with Gasteiger partial charge >= 0.3 is 0 Å². The van der Waals surface area contributed by atoms with Gasteiger partial charge in [0.15, 0.2) is 28.2 Å². The highest BCUT2D eigenvalue weighted by Crippen LogP contribution is 2.52. The molecule has 4 aromatic rings. The standard InChI is InChI=1S/2C30H41NO3Si/c2*1-21-27(33)20-24-25(18-13-19-26(24)32)31(21)28(22-14-9-7-10-15-22)29(23-16-11-8-12-17-23)34-35(5,6)30(2,3)4/h2*7-12,14-17,21,27-29,33H,13,18-20H2,1-6H3/t2*21-,27+,28-,29+/m00/s1. The lowest BCUT2D eigenvalue weighted by Gasteiger charge is -2.51. The van der Waals surface area contributed by atoms with Crippen LogP contribution in [0.3, 0.4) is 0 Å². The fraction of sp³-hybridized carbons (Fsp3) is 0.500. The van der Waals surface area contributed by atoms with Crippen LogP contribution in [0.25, 0.3) is 0 Å². The molecule has 0 spiro atoms. The lowest BCUT2D eigenvalue weighted by atomic mass is 9.81. The first-order chi connectivity index (χ1) is 33.0. The van der Waals surface area contributed by atoms with Crippen LogP contribution in [0.4, 0.5) is 0 Å². The van der Waals surface area contributed by atoms with Gasteiger partial charge < -0.3 is 28.9 Å². The van der Waals surface area contributed by atoms with E-state index in [1.165, 1.54) is 0 Å². The minimum Gasteiger partial charge on any atom is -0.407 e. The lowest BCUT2D eigenvalue weighted by molar-refractivity contribution is -0.118. The molecular formula is C60H82N2O6Si2. The van der Waals surface area contributed by atoms with Crippen molar-refractivity contribution in [3.8, 4) is 0 Å². The summed E-state index contributed by atoms with van der Waals surface area (Å²) in [5, 5.41) is 22.4. The molecule has 8 nitrogen and oxygen atoms in total. The highest BCUT2D eigenvalue weighted by molar-refractivity contribution is 6.74. The Morgan fingerprint density at radius 1 is 0.486 bits per heavy atom. The van der Waals surface area contributed by atoms with Crippen molar-refractivity contribution in [1.29, 1.82) is 0 Å². The van der Waals surface area contributed by atoms with Gasteiger partial charge in [-0.2, -0.15) is 0 Å². The highest BCUT2D eigenvalue weighted by atomic mass is 28.4. The van der Waals surface area contributed by atoms with Crippen molar-refractivity contribution in [1.82, 2.24) is 9.80 Å². The number of hydrogen-bond acceptors (Lipinski definition) is 8. The number of ketones is 2. The number of benzene rings is 4. The van der Waals surface area contributed by atoms with Crippen LogP contribution < -0.4 is 0 Å². The average Bonchev–Trinajstić information content (AvgIpc) is 3.32. The smallest absolute Gasteiger partial charge is 0.193 e. The fourth-order valence-electron chi connectivity index (χ4n) is 10.4. The molecule has 2 heterocycles. The number of hydrogen-bond donors (Lipinski definition) is 2. The molecule has 70 heavy (non-hydrogen) atoms. The summed E-state index contributed by atoms with van der Waals surface area (Å²) in [5.74, 6) is 0.381. The van der Waals surface area contributed by atoms with Gasteiger partial charge in [0.2, 0.25) is 0 Å². The maximum atomic E-state index is 13.0. The number of nitrogens with zero attached hydrogens (tertiary/aromatic N) is 2. The van der Waals surface area contributed by atoms with Crippen LogP contribution in [0.5, 0.6) is 0 Å². The average molecular weight is 983 g/mol. The maximum Gasteiger partial charge on any atom is 0.193 e. The Morgan fingerprint density at radius 2 is 0.771 bits per heavy atom. The van der Waals surface area contributed by atoms with Crippen LogP contribution in [0, 0.1) is 0 Å². The number of carbonyl (C=O) groups excluding carboxylic acids is 2. The summed E-state index contributed by atoms with van der Waals surface area (Å²) < 4.78 is 14.5. The Balaban J connectivity index is 0.000000206. The third-order valence-electron chi connectivity index (χ3n) is 16.6. The largest absolute Gasteiger partial charge is 0.407 e. The predicted octanol–water partition coefficient (Wildman–Crippen LogP) is 13.9. The van der Waals surface area contributed by atoms with Crippen LogP contribution in [0.15, 0.2) is 144 Å². The summed E-state index contributed by atoms with van der Waals surface area (Å²) >= 11 is 0. The number of aliphatic hydroxyl groups excluding tert-OH is 2. The van der Waals surface area contributed by atoms with Crippen molar-refractivity contribution in [3.05, 3.63) is 166 Å². The van der Waals surface area contributed by atoms with Gasteiger partial charge in [-0.25, -0.2) is 0 Å². The van der Waals surface area contributed by atoms with Crippen LogP contribution in [0.1, 0.15) is 153 Å². The van der Waals surface area contributed by atoms with E-state index in [4.69, 9.17) is 8.85 Å². The van der Waals surface area contributed by atoms with E-state index >= 15 is 0 Å². The minimum atomic E-state index is -2.18. The summed E-state index contributed by atoms with van der Waals surface area (Å²) in [7, 11) is -4.36. The molecule has 4 aromatic carbocycles. The summed E-state index contributed by atoms with van der Waals surface area (Å²) in [6.07, 6.45) is 3.84. The number of aliphatic hydroxyl groups is 2. The number of Topliss-reactive ketones (excluding diaryl/α,β-unsaturated/α-hetero) is 2. The van der Waals surface area contributed by atoms with Crippen LogP contribution in [0.2, 0.25) is 36.3 Å². The molecule has 2 aliphatic carbocycles. The normalized spacial score (nSPS) is 23.2. The SMILES string of the molecule is C[C@H]1[C@H](O)CC2=C(CCCC2=O)N1[C@@H](c1ccccc1)[C@H](O[Si](C)(C)C(C)(C)C)c1ccccc1.C[C@H]1[C@H](O)CC2=C(CCCC2=O)N1[C@@H](c1ccccc1)[C@H](O[Si](C)(C)C(C)(C)C)c1ccccc1. The minimum absolute atomic E-state index is 0.0412. The van der Waals surface area contributed by atoms with E-state index in [-0.39, 0.29) is 58.0 Å². The molecule has 0 amide bonds. The van der Waals surface area contributed by atoms with Gasteiger partial charge in [-0.1, -0.05) is 163 Å². The summed E-state index contributed by atoms with van der Waals surface area (Å²) in [6, 6.07) is 41.4. The molecule has 2 N–H and O–H groups in total. The molecule has 10 heteroatoms. The first kappa shape index (κ1) is 53.4. The van der Waals surface area contributed by atoms with Crippen LogP contribution in [-0.4, -0.2) is 72.5 Å². The van der Waals surface area contributed by atoms with E-state index in [2.05, 4.69) is 188 Å². The van der Waals surface area contributed by atoms with Gasteiger partial charge in [0.05, 0.1) is 48.6 Å². The van der Waals surface area contributed by atoms with Crippen molar-refractivity contribution in [3.63, 3.8) is 0 Å². The molecule has 0 fully saturated rings. The van der Waals surface area contributed by atoms with Crippen molar-refractivity contribution in [2.24, 2.45) is 0 Å². The molecule has 0 aromatic heterocycles. The van der Waals surface area contributed by atoms with Gasteiger partial charge in [0, 0.05) is 48.2 Å². The molecular weight excluding hydrogens is 901 g/mol. The Kier molecular flexibility index (Phi) is 16.6. The second-order valence-electron chi connectivity index (χ2n) is 23.4. The first-order valence-corrected chi connectivity index (χ1v) is 31.8. The number of allylic oxidation sites excluding steroid dienone is 2. The van der Waals surface area contributed by atoms with E-state index in [9.17, 15) is 19.8 Å². The van der Waals surface area contributed by atoms with Crippen molar-refractivity contribution in [2.75, 3.05) is 0 Å². The van der Waals surface area contributed by atoms with Gasteiger partial charge in [-0.15, -0.1) is 0 Å².